The lowest BCUT2D eigenvalue weighted by atomic mass is 10.1. The molecule has 0 aliphatic carbocycles. The standard InChI is InChI=1S/C18H34O2.C2H6O.H2O/c1-2-3-4-5-6-7-8-9-10-11-12-13-14-15-16-17-18(19)20;1-2-3;/h9-10H,2-8,11-17H2,1H3,(H,19,20);3H,2H2,1H3;1H2. The average Bonchev–Trinajstić information content (AvgIpc) is 2.51. The molecule has 0 aromatic rings. The molecule has 4 nitrogen and oxygen atoms in total. The van der Waals surface area contributed by atoms with Gasteiger partial charge in [0.25, 0.3) is 0 Å². The average molecular weight is 347 g/mol. The van der Waals surface area contributed by atoms with Gasteiger partial charge in [0.2, 0.25) is 0 Å². The van der Waals surface area contributed by atoms with Crippen molar-refractivity contribution in [2.24, 2.45) is 0 Å². The highest BCUT2D eigenvalue weighted by Gasteiger charge is 1.95. The number of carboxylic acid groups (broad SMARTS) is 1. The molecule has 0 fully saturated rings. The van der Waals surface area contributed by atoms with Crippen LogP contribution in [0.4, 0.5) is 0 Å². The van der Waals surface area contributed by atoms with Crippen molar-refractivity contribution in [1.82, 2.24) is 0 Å². The molecule has 24 heavy (non-hydrogen) atoms. The minimum Gasteiger partial charge on any atom is -0.481 e. The Hall–Kier alpha value is -0.870. The maximum absolute atomic E-state index is 10.3. The minimum atomic E-state index is -0.664. The molecule has 0 spiro atoms. The SMILES string of the molecule is CCCCCCCCC=CCCCCCCCC(=O)O.CCO.O. The Balaban J connectivity index is -0.00000102. The van der Waals surface area contributed by atoms with Crippen LogP contribution < -0.4 is 0 Å². The highest BCUT2D eigenvalue weighted by Crippen LogP contribution is 2.09. The summed E-state index contributed by atoms with van der Waals surface area (Å²) in [4.78, 5) is 10.3. The van der Waals surface area contributed by atoms with Crippen LogP contribution in [-0.2, 0) is 4.79 Å². The van der Waals surface area contributed by atoms with Gasteiger partial charge in [0.1, 0.15) is 0 Å². The van der Waals surface area contributed by atoms with Crippen molar-refractivity contribution in [1.29, 1.82) is 0 Å². The lowest BCUT2D eigenvalue weighted by molar-refractivity contribution is -0.137. The number of carboxylic acids is 1. The Morgan fingerprint density at radius 1 is 0.750 bits per heavy atom. The van der Waals surface area contributed by atoms with Gasteiger partial charge in [0, 0.05) is 13.0 Å². The van der Waals surface area contributed by atoms with Crippen LogP contribution in [0.3, 0.4) is 0 Å². The number of hydrogen-bond donors (Lipinski definition) is 2. The Bertz CT molecular complexity index is 252. The molecule has 0 atom stereocenters. The maximum atomic E-state index is 10.3. The Morgan fingerprint density at radius 2 is 1.12 bits per heavy atom. The first-order valence-electron chi connectivity index (χ1n) is 9.66. The van der Waals surface area contributed by atoms with Crippen LogP contribution in [-0.4, -0.2) is 28.3 Å². The second kappa shape index (κ2) is 27.0. The fourth-order valence-corrected chi connectivity index (χ4v) is 2.35. The molecule has 4 N–H and O–H groups in total. The van der Waals surface area contributed by atoms with E-state index in [1.54, 1.807) is 6.92 Å². The molecule has 0 heterocycles. The van der Waals surface area contributed by atoms with E-state index < -0.39 is 5.97 Å². The second-order valence-electron chi connectivity index (χ2n) is 6.04. The van der Waals surface area contributed by atoms with Crippen molar-refractivity contribution in [2.45, 2.75) is 104 Å². The molecular formula is C20H42O4. The Labute approximate surface area is 149 Å². The van der Waals surface area contributed by atoms with Gasteiger partial charge in [-0.2, -0.15) is 0 Å². The van der Waals surface area contributed by atoms with E-state index in [1.807, 2.05) is 0 Å². The number of aliphatic carboxylic acids is 1. The third-order valence-corrected chi connectivity index (χ3v) is 3.65. The van der Waals surface area contributed by atoms with Gasteiger partial charge in [-0.05, 0) is 39.0 Å². The topological polar surface area (TPSA) is 89.0 Å². The van der Waals surface area contributed by atoms with Crippen LogP contribution in [0.1, 0.15) is 104 Å². The van der Waals surface area contributed by atoms with Gasteiger partial charge in [-0.3, -0.25) is 4.79 Å². The van der Waals surface area contributed by atoms with Gasteiger partial charge < -0.3 is 15.7 Å². The van der Waals surface area contributed by atoms with E-state index in [9.17, 15) is 4.79 Å². The lowest BCUT2D eigenvalue weighted by Gasteiger charge is -1.99. The summed E-state index contributed by atoms with van der Waals surface area (Å²) in [6, 6.07) is 0. The number of carbonyl (C=O) groups is 1. The van der Waals surface area contributed by atoms with Crippen molar-refractivity contribution >= 4 is 5.97 Å². The van der Waals surface area contributed by atoms with Gasteiger partial charge >= 0.3 is 5.97 Å². The van der Waals surface area contributed by atoms with Crippen LogP contribution in [0.25, 0.3) is 0 Å². The van der Waals surface area contributed by atoms with Crippen molar-refractivity contribution < 1.29 is 20.5 Å². The minimum absolute atomic E-state index is 0. The zero-order valence-corrected chi connectivity index (χ0v) is 16.1. The van der Waals surface area contributed by atoms with E-state index in [4.69, 9.17) is 10.2 Å². The van der Waals surface area contributed by atoms with Crippen molar-refractivity contribution in [2.75, 3.05) is 6.61 Å². The lowest BCUT2D eigenvalue weighted by Crippen LogP contribution is -1.93. The molecule has 0 bridgehead atoms. The molecule has 146 valence electrons. The summed E-state index contributed by atoms with van der Waals surface area (Å²) in [5.41, 5.74) is 0. The number of aliphatic hydroxyl groups is 1. The van der Waals surface area contributed by atoms with E-state index >= 15 is 0 Å². The zero-order chi connectivity index (χ0) is 17.6. The van der Waals surface area contributed by atoms with Crippen molar-refractivity contribution in [3.05, 3.63) is 12.2 Å². The molecular weight excluding hydrogens is 304 g/mol. The smallest absolute Gasteiger partial charge is 0.303 e. The Kier molecular flexibility index (Phi) is 31.4. The van der Waals surface area contributed by atoms with Crippen LogP contribution in [0.15, 0.2) is 12.2 Å². The quantitative estimate of drug-likeness (QED) is 0.312. The molecule has 0 rings (SSSR count). The van der Waals surface area contributed by atoms with Crippen molar-refractivity contribution in [3.63, 3.8) is 0 Å². The van der Waals surface area contributed by atoms with Crippen LogP contribution >= 0.6 is 0 Å². The number of allylic oxidation sites excluding steroid dienone is 2. The van der Waals surface area contributed by atoms with Gasteiger partial charge in [-0.25, -0.2) is 0 Å². The normalized spacial score (nSPS) is 10.1. The summed E-state index contributed by atoms with van der Waals surface area (Å²) in [6.45, 7) is 4.19. The van der Waals surface area contributed by atoms with Gasteiger partial charge in [0.05, 0.1) is 0 Å². The predicted octanol–water partition coefficient (Wildman–Crippen LogP) is 5.28. The monoisotopic (exact) mass is 346 g/mol. The molecule has 0 saturated carbocycles. The first-order chi connectivity index (χ1) is 11.2. The fraction of sp³-hybridized carbons (Fsp3) is 0.850. The summed E-state index contributed by atoms with van der Waals surface area (Å²) >= 11 is 0. The van der Waals surface area contributed by atoms with E-state index in [-0.39, 0.29) is 12.1 Å². The van der Waals surface area contributed by atoms with E-state index in [0.29, 0.717) is 6.42 Å². The maximum Gasteiger partial charge on any atom is 0.303 e. The van der Waals surface area contributed by atoms with Crippen molar-refractivity contribution in [3.8, 4) is 0 Å². The molecule has 0 amide bonds. The van der Waals surface area contributed by atoms with Crippen LogP contribution in [0.5, 0.6) is 0 Å². The highest BCUT2D eigenvalue weighted by molar-refractivity contribution is 5.66. The van der Waals surface area contributed by atoms with Crippen LogP contribution in [0.2, 0.25) is 0 Å². The molecule has 4 heteroatoms. The van der Waals surface area contributed by atoms with Gasteiger partial charge in [-0.1, -0.05) is 70.4 Å². The molecule has 0 aromatic carbocycles. The second-order valence-corrected chi connectivity index (χ2v) is 6.04. The molecule has 0 saturated heterocycles. The number of hydrogen-bond acceptors (Lipinski definition) is 2. The zero-order valence-electron chi connectivity index (χ0n) is 16.1. The summed E-state index contributed by atoms with van der Waals surface area (Å²) in [6.07, 6.45) is 21.2. The summed E-state index contributed by atoms with van der Waals surface area (Å²) in [5, 5.41) is 16.1. The molecule has 0 aliphatic heterocycles. The first kappa shape index (κ1) is 28.0. The summed E-state index contributed by atoms with van der Waals surface area (Å²) in [7, 11) is 0. The van der Waals surface area contributed by atoms with E-state index in [1.165, 1.54) is 70.6 Å². The molecule has 0 radical (unpaired) electrons. The van der Waals surface area contributed by atoms with E-state index in [0.717, 1.165) is 12.8 Å². The molecule has 0 aliphatic rings. The fourth-order valence-electron chi connectivity index (χ4n) is 2.35. The third kappa shape index (κ3) is 32.9. The highest BCUT2D eigenvalue weighted by atomic mass is 16.4. The summed E-state index contributed by atoms with van der Waals surface area (Å²) < 4.78 is 0. The number of aliphatic hydroxyl groups excluding tert-OH is 1. The predicted molar refractivity (Wildman–Crippen MR) is 103 cm³/mol. The molecule has 0 aromatic heterocycles. The summed E-state index contributed by atoms with van der Waals surface area (Å²) in [5.74, 6) is -0.664. The van der Waals surface area contributed by atoms with E-state index in [2.05, 4.69) is 19.1 Å². The van der Waals surface area contributed by atoms with Crippen LogP contribution in [0, 0.1) is 0 Å². The first-order valence-corrected chi connectivity index (χ1v) is 9.66. The Morgan fingerprint density at radius 3 is 1.54 bits per heavy atom. The largest absolute Gasteiger partial charge is 0.481 e. The van der Waals surface area contributed by atoms with Gasteiger partial charge in [0.15, 0.2) is 0 Å². The number of unbranched alkanes of at least 4 members (excludes halogenated alkanes) is 11. The molecule has 0 unspecified atom stereocenters. The third-order valence-electron chi connectivity index (χ3n) is 3.65. The van der Waals surface area contributed by atoms with Gasteiger partial charge in [-0.15, -0.1) is 0 Å². The number of rotatable bonds is 15.